The second-order valence-corrected chi connectivity index (χ2v) is 3.97. The molecule has 90 valence electrons. The maximum atomic E-state index is 11.4. The molecule has 0 aliphatic heterocycles. The topological polar surface area (TPSA) is 49.9 Å². The number of ketones is 2. The van der Waals surface area contributed by atoms with Crippen LogP contribution in [0.15, 0.2) is 49.2 Å². The third kappa shape index (κ3) is 2.83. The van der Waals surface area contributed by atoms with Crippen molar-refractivity contribution in [2.24, 2.45) is 0 Å². The molecule has 0 fully saturated rings. The molecule has 0 saturated heterocycles. The number of allylic oxidation sites excluding steroid dienone is 2. The second kappa shape index (κ2) is 5.27. The summed E-state index contributed by atoms with van der Waals surface area (Å²) in [6.45, 7) is 3.33. The fourth-order valence-electron chi connectivity index (χ4n) is 1.66. The first kappa shape index (κ1) is 12.0. The summed E-state index contributed by atoms with van der Waals surface area (Å²) in [5.74, 6) is -0.476. The number of benzene rings is 1. The molecule has 3 nitrogen and oxygen atoms in total. The Balaban J connectivity index is 2.10. The van der Waals surface area contributed by atoms with E-state index in [2.05, 4.69) is 11.6 Å². The maximum Gasteiger partial charge on any atom is 0.163 e. The molecule has 18 heavy (non-hydrogen) atoms. The Morgan fingerprint density at radius 2 is 2.06 bits per heavy atom. The molecule has 1 aromatic heterocycles. The van der Waals surface area contributed by atoms with Crippen LogP contribution in [0.2, 0.25) is 0 Å². The van der Waals surface area contributed by atoms with Gasteiger partial charge in [-0.15, -0.1) is 0 Å². The van der Waals surface area contributed by atoms with Crippen molar-refractivity contribution in [1.29, 1.82) is 0 Å². The van der Waals surface area contributed by atoms with Crippen molar-refractivity contribution in [1.82, 2.24) is 4.98 Å². The third-order valence-corrected chi connectivity index (χ3v) is 2.62. The Kier molecular flexibility index (Phi) is 3.53. The van der Waals surface area contributed by atoms with Gasteiger partial charge >= 0.3 is 0 Å². The largest absolute Gasteiger partial charge is 0.361 e. The zero-order chi connectivity index (χ0) is 13.0. The smallest absolute Gasteiger partial charge is 0.163 e. The molecule has 0 amide bonds. The first-order chi connectivity index (χ1) is 8.69. The number of nitrogens with one attached hydrogen (secondary N) is 1. The lowest BCUT2D eigenvalue weighted by atomic mass is 10.1. The number of carbonyl (C=O) groups excluding carboxylic acids is 2. The van der Waals surface area contributed by atoms with E-state index in [0.717, 1.165) is 22.5 Å². The van der Waals surface area contributed by atoms with E-state index in [4.69, 9.17) is 0 Å². The van der Waals surface area contributed by atoms with Gasteiger partial charge in [-0.1, -0.05) is 24.8 Å². The Hall–Kier alpha value is -2.42. The summed E-state index contributed by atoms with van der Waals surface area (Å²) >= 11 is 0. The number of hydrogen-bond acceptors (Lipinski definition) is 2. The summed E-state index contributed by atoms with van der Waals surface area (Å²) in [6.07, 6.45) is 6.04. The van der Waals surface area contributed by atoms with Gasteiger partial charge in [0.25, 0.3) is 0 Å². The lowest BCUT2D eigenvalue weighted by Gasteiger charge is -1.94. The van der Waals surface area contributed by atoms with Crippen molar-refractivity contribution in [3.63, 3.8) is 0 Å². The lowest BCUT2D eigenvalue weighted by Crippen LogP contribution is -2.01. The molecule has 0 radical (unpaired) electrons. The number of H-pyrrole nitrogens is 1. The molecule has 0 spiro atoms. The lowest BCUT2D eigenvalue weighted by molar-refractivity contribution is -0.121. The van der Waals surface area contributed by atoms with Crippen molar-refractivity contribution in [2.45, 2.75) is 6.42 Å². The molecule has 0 atom stereocenters. The first-order valence-corrected chi connectivity index (χ1v) is 5.62. The number of rotatable bonds is 5. The van der Waals surface area contributed by atoms with Gasteiger partial charge in [0.15, 0.2) is 11.6 Å². The fourth-order valence-corrected chi connectivity index (χ4v) is 1.66. The quantitative estimate of drug-likeness (QED) is 0.644. The van der Waals surface area contributed by atoms with Gasteiger partial charge in [0.2, 0.25) is 0 Å². The molecule has 3 heteroatoms. The molecule has 2 aromatic rings. The van der Waals surface area contributed by atoms with Gasteiger partial charge < -0.3 is 4.98 Å². The molecule has 0 bridgehead atoms. The Morgan fingerprint density at radius 3 is 2.83 bits per heavy atom. The number of aromatic nitrogens is 1. The van der Waals surface area contributed by atoms with E-state index >= 15 is 0 Å². The van der Waals surface area contributed by atoms with Crippen molar-refractivity contribution in [3.8, 4) is 0 Å². The van der Waals surface area contributed by atoms with Gasteiger partial charge in [-0.2, -0.15) is 0 Å². The molecule has 1 aromatic carbocycles. The fraction of sp³-hybridized carbons (Fsp3) is 0.0667. The zero-order valence-corrected chi connectivity index (χ0v) is 9.85. The highest BCUT2D eigenvalue weighted by molar-refractivity contribution is 6.09. The molecule has 2 rings (SSSR count). The van der Waals surface area contributed by atoms with E-state index in [1.807, 2.05) is 30.5 Å². The molecular weight excluding hydrogens is 226 g/mol. The van der Waals surface area contributed by atoms with Crippen LogP contribution < -0.4 is 0 Å². The average molecular weight is 239 g/mol. The number of hydrogen-bond donors (Lipinski definition) is 1. The molecule has 0 unspecified atom stereocenters. The minimum Gasteiger partial charge on any atom is -0.361 e. The Labute approximate surface area is 105 Å². The molecule has 0 aliphatic rings. The summed E-state index contributed by atoms with van der Waals surface area (Å²) in [6, 6.07) is 7.84. The standard InChI is InChI=1S/C15H13NO2/c1-2-13(17)10-14(18)6-4-11-3-5-12-7-8-16-15(12)9-11/h2-9,16H,1,10H2/b6-4+. The SMILES string of the molecule is C=CC(=O)CC(=O)/C=C/c1ccc2cc[nH]c2c1. The predicted octanol–water partition coefficient (Wildman–Crippen LogP) is 2.90. The van der Waals surface area contributed by atoms with Gasteiger partial charge in [0, 0.05) is 11.7 Å². The summed E-state index contributed by atoms with van der Waals surface area (Å²) in [7, 11) is 0. The number of fused-ring (bicyclic) bond motifs is 1. The summed E-state index contributed by atoms with van der Waals surface area (Å²) in [5, 5.41) is 1.13. The average Bonchev–Trinajstić information content (AvgIpc) is 2.83. The van der Waals surface area contributed by atoms with E-state index in [-0.39, 0.29) is 18.0 Å². The summed E-state index contributed by atoms with van der Waals surface area (Å²) in [4.78, 5) is 25.5. The zero-order valence-electron chi connectivity index (χ0n) is 9.85. The van der Waals surface area contributed by atoms with Gasteiger partial charge in [-0.05, 0) is 35.2 Å². The van der Waals surface area contributed by atoms with Crippen LogP contribution in [0.4, 0.5) is 0 Å². The van der Waals surface area contributed by atoms with Crippen molar-refractivity contribution in [2.75, 3.05) is 0 Å². The first-order valence-electron chi connectivity index (χ1n) is 5.62. The van der Waals surface area contributed by atoms with Crippen LogP contribution in [0.25, 0.3) is 17.0 Å². The van der Waals surface area contributed by atoms with Crippen LogP contribution in [0.3, 0.4) is 0 Å². The number of aromatic amines is 1. The van der Waals surface area contributed by atoms with E-state index in [9.17, 15) is 9.59 Å². The van der Waals surface area contributed by atoms with Crippen molar-refractivity contribution < 1.29 is 9.59 Å². The van der Waals surface area contributed by atoms with E-state index in [1.165, 1.54) is 6.08 Å². The maximum absolute atomic E-state index is 11.4. The highest BCUT2D eigenvalue weighted by Crippen LogP contribution is 2.15. The summed E-state index contributed by atoms with van der Waals surface area (Å²) < 4.78 is 0. The minimum absolute atomic E-state index is 0.120. The van der Waals surface area contributed by atoms with E-state index in [1.54, 1.807) is 6.08 Å². The molecular formula is C15H13NO2. The van der Waals surface area contributed by atoms with Gasteiger partial charge in [0.05, 0.1) is 6.42 Å². The van der Waals surface area contributed by atoms with Crippen LogP contribution in [0, 0.1) is 0 Å². The predicted molar refractivity (Wildman–Crippen MR) is 72.2 cm³/mol. The Morgan fingerprint density at radius 1 is 1.22 bits per heavy atom. The molecule has 1 N–H and O–H groups in total. The van der Waals surface area contributed by atoms with Crippen LogP contribution >= 0.6 is 0 Å². The molecule has 1 heterocycles. The highest BCUT2D eigenvalue weighted by Gasteiger charge is 2.02. The molecule has 0 aliphatic carbocycles. The highest BCUT2D eigenvalue weighted by atomic mass is 16.1. The van der Waals surface area contributed by atoms with Crippen LogP contribution in [-0.2, 0) is 9.59 Å². The summed E-state index contributed by atoms with van der Waals surface area (Å²) in [5.41, 5.74) is 1.94. The normalized spacial score (nSPS) is 10.9. The van der Waals surface area contributed by atoms with Crippen molar-refractivity contribution >= 4 is 28.5 Å². The van der Waals surface area contributed by atoms with Gasteiger partial charge in [-0.25, -0.2) is 0 Å². The monoisotopic (exact) mass is 239 g/mol. The van der Waals surface area contributed by atoms with Crippen LogP contribution in [0.5, 0.6) is 0 Å². The Bertz CT molecular complexity index is 635. The van der Waals surface area contributed by atoms with Gasteiger partial charge in [0.1, 0.15) is 0 Å². The number of carbonyl (C=O) groups is 2. The molecule has 0 saturated carbocycles. The van der Waals surface area contributed by atoms with E-state index < -0.39 is 0 Å². The second-order valence-electron chi connectivity index (χ2n) is 3.97. The van der Waals surface area contributed by atoms with Crippen LogP contribution in [0.1, 0.15) is 12.0 Å². The minimum atomic E-state index is -0.260. The third-order valence-electron chi connectivity index (χ3n) is 2.62. The van der Waals surface area contributed by atoms with Crippen LogP contribution in [-0.4, -0.2) is 16.6 Å². The van der Waals surface area contributed by atoms with E-state index in [0.29, 0.717) is 0 Å². The van der Waals surface area contributed by atoms with Crippen molar-refractivity contribution in [3.05, 3.63) is 54.8 Å². The van der Waals surface area contributed by atoms with Gasteiger partial charge in [-0.3, -0.25) is 9.59 Å².